The summed E-state index contributed by atoms with van der Waals surface area (Å²) < 4.78 is 13.3. The molecule has 0 aliphatic carbocycles. The number of hydrogen-bond acceptors (Lipinski definition) is 3. The Bertz CT molecular complexity index is 634. The van der Waals surface area contributed by atoms with Crippen molar-refractivity contribution < 1.29 is 9.18 Å². The summed E-state index contributed by atoms with van der Waals surface area (Å²) in [6, 6.07) is 5.70. The molecule has 0 spiro atoms. The Labute approximate surface area is 121 Å². The van der Waals surface area contributed by atoms with E-state index in [-0.39, 0.29) is 10.9 Å². The molecule has 0 aliphatic rings. The van der Waals surface area contributed by atoms with E-state index in [1.165, 1.54) is 24.4 Å². The molecule has 0 aliphatic heterocycles. The summed E-state index contributed by atoms with van der Waals surface area (Å²) in [6.07, 6.45) is 3.10. The predicted molar refractivity (Wildman–Crippen MR) is 77.8 cm³/mol. The van der Waals surface area contributed by atoms with Gasteiger partial charge in [-0.1, -0.05) is 11.6 Å². The van der Waals surface area contributed by atoms with E-state index in [0.29, 0.717) is 23.5 Å². The topological polar surface area (TPSA) is 54.0 Å². The van der Waals surface area contributed by atoms with Crippen LogP contribution in [0, 0.1) is 5.82 Å². The van der Waals surface area contributed by atoms with Crippen LogP contribution < -0.4 is 10.6 Å². The number of benzene rings is 1. The van der Waals surface area contributed by atoms with Gasteiger partial charge < -0.3 is 10.6 Å². The highest BCUT2D eigenvalue weighted by Crippen LogP contribution is 2.20. The average Bonchev–Trinajstić information content (AvgIpc) is 2.44. The minimum atomic E-state index is -0.578. The first-order valence-electron chi connectivity index (χ1n) is 6.06. The van der Waals surface area contributed by atoms with Gasteiger partial charge in [-0.15, -0.1) is 0 Å². The van der Waals surface area contributed by atoms with Crippen molar-refractivity contribution in [2.24, 2.45) is 0 Å². The van der Waals surface area contributed by atoms with Crippen LogP contribution in [0.5, 0.6) is 0 Å². The van der Waals surface area contributed by atoms with Crippen LogP contribution in [0.25, 0.3) is 0 Å². The molecule has 2 rings (SSSR count). The quantitative estimate of drug-likeness (QED) is 0.906. The van der Waals surface area contributed by atoms with E-state index in [1.807, 2.05) is 6.92 Å². The molecule has 1 heterocycles. The summed E-state index contributed by atoms with van der Waals surface area (Å²) in [5.74, 6) is -0.920. The number of amides is 1. The fraction of sp³-hybridized carbons (Fsp3) is 0.143. The van der Waals surface area contributed by atoms with E-state index < -0.39 is 5.82 Å². The van der Waals surface area contributed by atoms with E-state index in [0.717, 1.165) is 0 Å². The van der Waals surface area contributed by atoms with Crippen LogP contribution in [0.2, 0.25) is 5.02 Å². The van der Waals surface area contributed by atoms with Crippen LogP contribution in [0.4, 0.5) is 15.8 Å². The maximum atomic E-state index is 13.3. The van der Waals surface area contributed by atoms with Crippen molar-refractivity contribution in [2.75, 3.05) is 17.2 Å². The molecule has 0 atom stereocenters. The minimum Gasteiger partial charge on any atom is -0.383 e. The predicted octanol–water partition coefficient (Wildman–Crippen LogP) is 3.56. The molecule has 6 heteroatoms. The number of nitrogens with zero attached hydrogens (tertiary/aromatic N) is 1. The third kappa shape index (κ3) is 3.24. The SMILES string of the molecule is CCNc1cnccc1C(=O)Nc1ccc(Cl)c(F)c1. The lowest BCUT2D eigenvalue weighted by Gasteiger charge is -2.10. The Kier molecular flexibility index (Phi) is 4.53. The normalized spacial score (nSPS) is 10.2. The van der Waals surface area contributed by atoms with E-state index in [9.17, 15) is 9.18 Å². The molecule has 1 aromatic heterocycles. The Balaban J connectivity index is 2.21. The average molecular weight is 294 g/mol. The van der Waals surface area contributed by atoms with Crippen LogP contribution in [-0.2, 0) is 0 Å². The molecular formula is C14H13ClFN3O. The molecule has 104 valence electrons. The molecule has 0 saturated carbocycles. The van der Waals surface area contributed by atoms with Crippen molar-refractivity contribution in [1.82, 2.24) is 4.98 Å². The maximum Gasteiger partial charge on any atom is 0.257 e. The first kappa shape index (κ1) is 14.3. The first-order valence-corrected chi connectivity index (χ1v) is 6.44. The summed E-state index contributed by atoms with van der Waals surface area (Å²) >= 11 is 5.59. The molecule has 0 fully saturated rings. The standard InChI is InChI=1S/C14H13ClFN3O/c1-2-18-13-8-17-6-5-10(13)14(20)19-9-3-4-11(15)12(16)7-9/h3-8,18H,2H2,1H3,(H,19,20). The van der Waals surface area contributed by atoms with Crippen LogP contribution in [0.15, 0.2) is 36.7 Å². The molecule has 2 aromatic rings. The molecule has 4 nitrogen and oxygen atoms in total. The number of pyridine rings is 1. The fourth-order valence-electron chi connectivity index (χ4n) is 1.70. The van der Waals surface area contributed by atoms with Gasteiger partial charge in [0.15, 0.2) is 0 Å². The number of anilines is 2. The summed E-state index contributed by atoms with van der Waals surface area (Å²) in [7, 11) is 0. The van der Waals surface area contributed by atoms with Crippen LogP contribution in [0.3, 0.4) is 0 Å². The van der Waals surface area contributed by atoms with Crippen LogP contribution in [0.1, 0.15) is 17.3 Å². The molecule has 1 aromatic carbocycles. The zero-order chi connectivity index (χ0) is 14.5. The summed E-state index contributed by atoms with van der Waals surface area (Å²) in [5, 5.41) is 5.68. The van der Waals surface area contributed by atoms with E-state index in [1.54, 1.807) is 12.3 Å². The number of halogens is 2. The molecule has 1 amide bonds. The van der Waals surface area contributed by atoms with Crippen LogP contribution >= 0.6 is 11.6 Å². The van der Waals surface area contributed by atoms with Crippen molar-refractivity contribution in [3.05, 3.63) is 53.1 Å². The third-order valence-electron chi connectivity index (χ3n) is 2.61. The van der Waals surface area contributed by atoms with E-state index >= 15 is 0 Å². The largest absolute Gasteiger partial charge is 0.383 e. The fourth-order valence-corrected chi connectivity index (χ4v) is 1.81. The summed E-state index contributed by atoms with van der Waals surface area (Å²) in [5.41, 5.74) is 1.41. The lowest BCUT2D eigenvalue weighted by atomic mass is 10.2. The zero-order valence-corrected chi connectivity index (χ0v) is 11.5. The summed E-state index contributed by atoms with van der Waals surface area (Å²) in [4.78, 5) is 16.1. The number of aromatic nitrogens is 1. The van der Waals surface area contributed by atoms with Gasteiger partial charge in [-0.2, -0.15) is 0 Å². The first-order chi connectivity index (χ1) is 9.61. The van der Waals surface area contributed by atoms with Gasteiger partial charge in [0.05, 0.1) is 22.5 Å². The van der Waals surface area contributed by atoms with Crippen molar-refractivity contribution in [1.29, 1.82) is 0 Å². The number of rotatable bonds is 4. The van der Waals surface area contributed by atoms with Crippen molar-refractivity contribution in [3.63, 3.8) is 0 Å². The van der Waals surface area contributed by atoms with Crippen LogP contribution in [-0.4, -0.2) is 17.4 Å². The maximum absolute atomic E-state index is 13.3. The number of hydrogen-bond donors (Lipinski definition) is 2. The lowest BCUT2D eigenvalue weighted by molar-refractivity contribution is 0.102. The summed E-state index contributed by atoms with van der Waals surface area (Å²) in [6.45, 7) is 2.59. The molecule has 0 radical (unpaired) electrons. The van der Waals surface area contributed by atoms with Gasteiger partial charge in [-0.25, -0.2) is 4.39 Å². The lowest BCUT2D eigenvalue weighted by Crippen LogP contribution is -2.15. The molecule has 2 N–H and O–H groups in total. The highest BCUT2D eigenvalue weighted by Gasteiger charge is 2.12. The second-order valence-corrected chi connectivity index (χ2v) is 4.44. The van der Waals surface area contributed by atoms with Gasteiger partial charge in [-0.05, 0) is 31.2 Å². The third-order valence-corrected chi connectivity index (χ3v) is 2.92. The van der Waals surface area contributed by atoms with Crippen molar-refractivity contribution in [3.8, 4) is 0 Å². The monoisotopic (exact) mass is 293 g/mol. The minimum absolute atomic E-state index is 0.0141. The number of carbonyl (C=O) groups is 1. The molecule has 0 unspecified atom stereocenters. The Morgan fingerprint density at radius 2 is 2.20 bits per heavy atom. The van der Waals surface area contributed by atoms with Gasteiger partial charge in [-0.3, -0.25) is 9.78 Å². The molecule has 0 saturated heterocycles. The smallest absolute Gasteiger partial charge is 0.257 e. The molecular weight excluding hydrogens is 281 g/mol. The van der Waals surface area contributed by atoms with E-state index in [2.05, 4.69) is 15.6 Å². The van der Waals surface area contributed by atoms with Gasteiger partial charge in [0.2, 0.25) is 0 Å². The Morgan fingerprint density at radius 3 is 2.90 bits per heavy atom. The Morgan fingerprint density at radius 1 is 1.40 bits per heavy atom. The Hall–Kier alpha value is -2.14. The van der Waals surface area contributed by atoms with E-state index in [4.69, 9.17) is 11.6 Å². The van der Waals surface area contributed by atoms with Crippen molar-refractivity contribution >= 4 is 28.9 Å². The highest BCUT2D eigenvalue weighted by molar-refractivity contribution is 6.30. The van der Waals surface area contributed by atoms with Gasteiger partial charge in [0, 0.05) is 18.4 Å². The molecule has 20 heavy (non-hydrogen) atoms. The number of carbonyl (C=O) groups excluding carboxylic acids is 1. The molecule has 0 bridgehead atoms. The van der Waals surface area contributed by atoms with Gasteiger partial charge in [0.1, 0.15) is 5.82 Å². The van der Waals surface area contributed by atoms with Gasteiger partial charge in [0.25, 0.3) is 5.91 Å². The zero-order valence-electron chi connectivity index (χ0n) is 10.8. The van der Waals surface area contributed by atoms with Gasteiger partial charge >= 0.3 is 0 Å². The second kappa shape index (κ2) is 6.34. The highest BCUT2D eigenvalue weighted by atomic mass is 35.5. The second-order valence-electron chi connectivity index (χ2n) is 4.03. The number of nitrogens with one attached hydrogen (secondary N) is 2. The van der Waals surface area contributed by atoms with Crippen molar-refractivity contribution in [2.45, 2.75) is 6.92 Å².